The summed E-state index contributed by atoms with van der Waals surface area (Å²) in [4.78, 5) is 2.31. The van der Waals surface area contributed by atoms with Crippen molar-refractivity contribution >= 4 is 0 Å². The van der Waals surface area contributed by atoms with Gasteiger partial charge < -0.3 is 4.90 Å². The van der Waals surface area contributed by atoms with E-state index < -0.39 is 0 Å². The minimum atomic E-state index is 0.584. The Morgan fingerprint density at radius 1 is 1.50 bits per heavy atom. The molecule has 0 N–H and O–H groups in total. The Morgan fingerprint density at radius 3 is 3.08 bits per heavy atom. The molecule has 2 nitrogen and oxygen atoms in total. The highest BCUT2D eigenvalue weighted by atomic mass is 15.2. The Morgan fingerprint density at radius 2 is 2.33 bits per heavy atom. The second-order valence-corrected chi connectivity index (χ2v) is 3.77. The van der Waals surface area contributed by atoms with Crippen molar-refractivity contribution in [2.75, 3.05) is 0 Å². The van der Waals surface area contributed by atoms with E-state index in [0.29, 0.717) is 12.1 Å². The number of rotatable bonds is 0. The van der Waals surface area contributed by atoms with Gasteiger partial charge in [-0.25, -0.2) is 0 Å². The molecule has 0 amide bonds. The molecule has 2 aliphatic rings. The van der Waals surface area contributed by atoms with Crippen LogP contribution in [0.3, 0.4) is 0 Å². The van der Waals surface area contributed by atoms with Gasteiger partial charge in [0, 0.05) is 12.1 Å². The maximum Gasteiger partial charge on any atom is 0.117 e. The van der Waals surface area contributed by atoms with Crippen LogP contribution in [0.1, 0.15) is 32.6 Å². The minimum Gasteiger partial charge on any atom is -0.358 e. The van der Waals surface area contributed by atoms with Crippen LogP contribution in [0.4, 0.5) is 0 Å². The molecule has 0 saturated carbocycles. The molecule has 0 bridgehead atoms. The van der Waals surface area contributed by atoms with Gasteiger partial charge in [-0.2, -0.15) is 5.26 Å². The van der Waals surface area contributed by atoms with Crippen LogP contribution in [0, 0.1) is 11.3 Å². The zero-order chi connectivity index (χ0) is 8.55. The fraction of sp³-hybridized carbons (Fsp3) is 0.700. The normalized spacial score (nSPS) is 34.0. The summed E-state index contributed by atoms with van der Waals surface area (Å²) < 4.78 is 0. The standard InChI is InChI=1S/C10H14N2/c1-8-5-6-9-3-2-4-10(7-11)12(8)9/h4,8-9H,2-3,5-6H2,1H3. The molecule has 64 valence electrons. The lowest BCUT2D eigenvalue weighted by atomic mass is 10.0. The van der Waals surface area contributed by atoms with Crippen molar-refractivity contribution in [2.45, 2.75) is 44.7 Å². The molecule has 0 spiro atoms. The highest BCUT2D eigenvalue weighted by Crippen LogP contribution is 2.33. The Hall–Kier alpha value is -0.970. The molecular weight excluding hydrogens is 148 g/mol. The summed E-state index contributed by atoms with van der Waals surface area (Å²) in [6.45, 7) is 2.22. The molecule has 12 heavy (non-hydrogen) atoms. The predicted molar refractivity (Wildman–Crippen MR) is 47.3 cm³/mol. The fourth-order valence-electron chi connectivity index (χ4n) is 2.41. The molecule has 2 atom stereocenters. The number of hydrogen-bond donors (Lipinski definition) is 0. The van der Waals surface area contributed by atoms with Gasteiger partial charge in [0.05, 0.1) is 0 Å². The van der Waals surface area contributed by atoms with E-state index in [0.717, 1.165) is 12.1 Å². The highest BCUT2D eigenvalue weighted by Gasteiger charge is 2.33. The molecule has 2 heteroatoms. The van der Waals surface area contributed by atoms with Crippen LogP contribution >= 0.6 is 0 Å². The van der Waals surface area contributed by atoms with Crippen LogP contribution < -0.4 is 0 Å². The van der Waals surface area contributed by atoms with Gasteiger partial charge in [-0.3, -0.25) is 0 Å². The van der Waals surface area contributed by atoms with Gasteiger partial charge in [0.1, 0.15) is 11.8 Å². The number of nitriles is 1. The van der Waals surface area contributed by atoms with Crippen molar-refractivity contribution in [3.8, 4) is 6.07 Å². The second-order valence-electron chi connectivity index (χ2n) is 3.77. The largest absolute Gasteiger partial charge is 0.358 e. The monoisotopic (exact) mass is 162 g/mol. The molecule has 2 aliphatic heterocycles. The summed E-state index contributed by atoms with van der Waals surface area (Å²) in [7, 11) is 0. The van der Waals surface area contributed by atoms with Crippen LogP contribution in [-0.4, -0.2) is 17.0 Å². The number of fused-ring (bicyclic) bond motifs is 1. The summed E-state index contributed by atoms with van der Waals surface area (Å²) >= 11 is 0. The van der Waals surface area contributed by atoms with Crippen molar-refractivity contribution in [2.24, 2.45) is 0 Å². The van der Waals surface area contributed by atoms with Gasteiger partial charge in [-0.15, -0.1) is 0 Å². The van der Waals surface area contributed by atoms with E-state index in [1.165, 1.54) is 19.3 Å². The van der Waals surface area contributed by atoms with E-state index in [1.54, 1.807) is 0 Å². The summed E-state index contributed by atoms with van der Waals surface area (Å²) in [5.74, 6) is 0. The fourth-order valence-corrected chi connectivity index (χ4v) is 2.41. The average molecular weight is 162 g/mol. The topological polar surface area (TPSA) is 27.0 Å². The van der Waals surface area contributed by atoms with Crippen molar-refractivity contribution in [1.29, 1.82) is 5.26 Å². The maximum absolute atomic E-state index is 8.90. The van der Waals surface area contributed by atoms with Gasteiger partial charge in [0.2, 0.25) is 0 Å². The average Bonchev–Trinajstić information content (AvgIpc) is 2.48. The van der Waals surface area contributed by atoms with Crippen molar-refractivity contribution in [3.63, 3.8) is 0 Å². The lowest BCUT2D eigenvalue weighted by molar-refractivity contribution is 0.249. The summed E-state index contributed by atoms with van der Waals surface area (Å²) in [5.41, 5.74) is 0.913. The Bertz CT molecular complexity index is 249. The third-order valence-electron chi connectivity index (χ3n) is 3.02. The first-order chi connectivity index (χ1) is 5.83. The summed E-state index contributed by atoms with van der Waals surface area (Å²) in [5, 5.41) is 8.90. The van der Waals surface area contributed by atoms with Crippen molar-refractivity contribution in [3.05, 3.63) is 11.8 Å². The SMILES string of the molecule is CC1CCC2CCC=C(C#N)N12. The molecule has 0 aromatic carbocycles. The van der Waals surface area contributed by atoms with Gasteiger partial charge in [0.15, 0.2) is 0 Å². The quantitative estimate of drug-likeness (QED) is 0.545. The molecule has 2 heterocycles. The summed E-state index contributed by atoms with van der Waals surface area (Å²) in [6.07, 6.45) is 6.95. The third kappa shape index (κ3) is 1.01. The van der Waals surface area contributed by atoms with E-state index >= 15 is 0 Å². The molecule has 0 radical (unpaired) electrons. The predicted octanol–water partition coefficient (Wildman–Crippen LogP) is 2.04. The van der Waals surface area contributed by atoms with E-state index in [2.05, 4.69) is 24.0 Å². The van der Waals surface area contributed by atoms with E-state index in [9.17, 15) is 0 Å². The van der Waals surface area contributed by atoms with Crippen molar-refractivity contribution in [1.82, 2.24) is 4.90 Å². The van der Waals surface area contributed by atoms with Crippen LogP contribution in [0.15, 0.2) is 11.8 Å². The van der Waals surface area contributed by atoms with Gasteiger partial charge in [0.25, 0.3) is 0 Å². The number of hydrogen-bond acceptors (Lipinski definition) is 2. The van der Waals surface area contributed by atoms with Gasteiger partial charge >= 0.3 is 0 Å². The Kier molecular flexibility index (Phi) is 1.80. The lowest BCUT2D eigenvalue weighted by Crippen LogP contribution is -2.35. The molecule has 2 rings (SSSR count). The van der Waals surface area contributed by atoms with Crippen molar-refractivity contribution < 1.29 is 0 Å². The minimum absolute atomic E-state index is 0.584. The lowest BCUT2D eigenvalue weighted by Gasteiger charge is -2.32. The van der Waals surface area contributed by atoms with E-state index in [1.807, 2.05) is 0 Å². The zero-order valence-corrected chi connectivity index (χ0v) is 7.45. The molecule has 2 unspecified atom stereocenters. The van der Waals surface area contributed by atoms with E-state index in [4.69, 9.17) is 5.26 Å². The van der Waals surface area contributed by atoms with Crippen LogP contribution in [0.5, 0.6) is 0 Å². The molecule has 0 aromatic rings. The Labute approximate surface area is 73.5 Å². The molecule has 0 aromatic heterocycles. The smallest absolute Gasteiger partial charge is 0.117 e. The number of nitrogens with zero attached hydrogens (tertiary/aromatic N) is 2. The zero-order valence-electron chi connectivity index (χ0n) is 7.45. The molecule has 0 aliphatic carbocycles. The first-order valence-corrected chi connectivity index (χ1v) is 4.71. The Balaban J connectivity index is 2.26. The highest BCUT2D eigenvalue weighted by molar-refractivity contribution is 5.24. The maximum atomic E-state index is 8.90. The molecule has 1 fully saturated rings. The third-order valence-corrected chi connectivity index (χ3v) is 3.02. The molecular formula is C10H14N2. The van der Waals surface area contributed by atoms with Crippen LogP contribution in [0.2, 0.25) is 0 Å². The van der Waals surface area contributed by atoms with E-state index in [-0.39, 0.29) is 0 Å². The number of allylic oxidation sites excluding steroid dienone is 2. The van der Waals surface area contributed by atoms with Gasteiger partial charge in [-0.1, -0.05) is 6.08 Å². The first-order valence-electron chi connectivity index (χ1n) is 4.71. The van der Waals surface area contributed by atoms with Gasteiger partial charge in [-0.05, 0) is 32.6 Å². The van der Waals surface area contributed by atoms with Crippen LogP contribution in [0.25, 0.3) is 0 Å². The first kappa shape index (κ1) is 7.67. The molecule has 1 saturated heterocycles. The second kappa shape index (κ2) is 2.82. The van der Waals surface area contributed by atoms with Crippen LogP contribution in [-0.2, 0) is 0 Å². The summed E-state index contributed by atoms with van der Waals surface area (Å²) in [6, 6.07) is 3.54.